The van der Waals surface area contributed by atoms with Crippen LogP contribution in [0.5, 0.6) is 0 Å². The number of hydrogen-bond donors (Lipinski definition) is 0. The van der Waals surface area contributed by atoms with Crippen molar-refractivity contribution in [3.63, 3.8) is 0 Å². The first-order chi connectivity index (χ1) is 31.6. The van der Waals surface area contributed by atoms with Gasteiger partial charge in [0.15, 0.2) is 0 Å². The average molecular weight is 825 g/mol. The van der Waals surface area contributed by atoms with Crippen LogP contribution in [0.4, 0.5) is 0 Å². The molecule has 37 atom stereocenters. The molecule has 25 aliphatic rings. The maximum atomic E-state index is 15.1. The van der Waals surface area contributed by atoms with Crippen LogP contribution < -0.4 is 0 Å². The highest BCUT2D eigenvalue weighted by Crippen LogP contribution is 2.99. The van der Waals surface area contributed by atoms with Crippen LogP contribution in [-0.2, 0) is 10.2 Å². The van der Waals surface area contributed by atoms with Crippen LogP contribution in [0.2, 0.25) is 0 Å². The van der Waals surface area contributed by atoms with Crippen molar-refractivity contribution in [2.45, 2.75) is 86.9 Å². The number of allylic oxidation sites excluding steroid dienone is 3. The minimum absolute atomic E-state index is 0.150. The van der Waals surface area contributed by atoms with Crippen LogP contribution in [-0.4, -0.2) is 5.78 Å². The fraction of sp³-hybridized carbons (Fsp3) is 0.698. The molecule has 3 aromatic rings. The lowest BCUT2D eigenvalue weighted by Crippen LogP contribution is -2.76. The van der Waals surface area contributed by atoms with E-state index in [1.165, 1.54) is 12.8 Å². The Morgan fingerprint density at radius 1 is 0.469 bits per heavy atom. The average Bonchev–Trinajstić information content (AvgIpc) is 4.13. The first-order valence-corrected chi connectivity index (χ1v) is 28.8. The third kappa shape index (κ3) is 1.73. The summed E-state index contributed by atoms with van der Waals surface area (Å²) in [5.41, 5.74) is 27.1. The van der Waals surface area contributed by atoms with Crippen molar-refractivity contribution in [3.05, 3.63) is 67.3 Å². The van der Waals surface area contributed by atoms with Crippen LogP contribution in [0.3, 0.4) is 0 Å². The van der Waals surface area contributed by atoms with Gasteiger partial charge in [0.05, 0.1) is 0 Å². The van der Waals surface area contributed by atoms with Gasteiger partial charge in [-0.15, -0.1) is 0 Å². The Kier molecular flexibility index (Phi) is 3.12. The zero-order chi connectivity index (χ0) is 38.8. The molecule has 1 nitrogen and oxygen atoms in total. The summed E-state index contributed by atoms with van der Waals surface area (Å²) in [6.07, 6.45) is 9.56. The predicted molar refractivity (Wildman–Crippen MR) is 237 cm³/mol. The molecule has 0 radical (unpaired) electrons. The summed E-state index contributed by atoms with van der Waals surface area (Å²) in [5, 5.41) is 7.84. The van der Waals surface area contributed by atoms with Gasteiger partial charge in [-0.2, -0.15) is 0 Å². The number of hydrogen-bond acceptors (Lipinski definition) is 1. The van der Waals surface area contributed by atoms with E-state index in [-0.39, 0.29) is 10.8 Å². The Hall–Kier alpha value is -2.67. The molecule has 17 unspecified atom stereocenters. The van der Waals surface area contributed by atoms with Crippen molar-refractivity contribution in [1.29, 1.82) is 0 Å². The predicted octanol–water partition coefficient (Wildman–Crippen LogP) is 11.0. The molecule has 0 heterocycles. The lowest BCUT2D eigenvalue weighted by atomic mass is 9.23. The van der Waals surface area contributed by atoms with Crippen molar-refractivity contribution in [2.75, 3.05) is 0 Å². The van der Waals surface area contributed by atoms with Gasteiger partial charge in [0.2, 0.25) is 0 Å². The summed E-state index contributed by atoms with van der Waals surface area (Å²) in [4.78, 5) is 15.1. The Morgan fingerprint density at radius 3 is 2.09 bits per heavy atom. The smallest absolute Gasteiger partial charge is 0.133 e. The van der Waals surface area contributed by atoms with Gasteiger partial charge in [0.25, 0.3) is 0 Å². The highest BCUT2D eigenvalue weighted by Gasteiger charge is 2.93. The Morgan fingerprint density at radius 2 is 1.19 bits per heavy atom. The zero-order valence-corrected chi connectivity index (χ0v) is 36.7. The van der Waals surface area contributed by atoms with Gasteiger partial charge in [-0.25, -0.2) is 0 Å². The number of fused-ring (bicyclic) bond motifs is 12. The summed E-state index contributed by atoms with van der Waals surface area (Å²) in [6, 6.07) is 0. The molecule has 13 saturated carbocycles. The molecule has 0 aromatic heterocycles. The first kappa shape index (κ1) is 28.6. The molecule has 25 aliphatic carbocycles. The third-order valence-corrected chi connectivity index (χ3v) is 33.6. The standard InChI is InChI=1S/C63H52O/c1-9-18-22-12-5-15-27-37-28(15)41-40-25(12)36-24-13(22)7-17-31(24)59-55-51(36)50-49(40)43-29-16-6-14-23-19-10(2)21-32(44-33(18)39(27)45(34(19)44)47-35(23)26(16)42(46(37)47)48(41)43)20(9)53-54(21)60-57-30(14)38(29)52(50)56(55)61(57)63(60)8-11(64)3-4-62(59,63)58(17)53/h5,9-10,13-23,26-28,30,32-35,37,39,41-42,44-48,53-54,57-58,60H,3-4,6-8H2,1-2H3/t9-,10+,13?,14?,15?,16?,17?,18-,19+,20-,21+,22?,23-,26+,27-,28?,30?,32+,33-,34-,35+,37?,39+,41?,42?,44-,45-,46?,47?,48?,53-,54+,57?,58+,60+,62?,63?/m0/s1. The Balaban J connectivity index is 1.01. The van der Waals surface area contributed by atoms with Crippen molar-refractivity contribution < 1.29 is 4.79 Å². The molecule has 64 heavy (non-hydrogen) atoms. The van der Waals surface area contributed by atoms with E-state index < -0.39 is 0 Å². The van der Waals surface area contributed by atoms with Crippen LogP contribution in [0.25, 0.3) is 32.7 Å². The second-order valence-electron chi connectivity index (χ2n) is 31.1. The maximum Gasteiger partial charge on any atom is 0.133 e. The molecule has 3 aromatic carbocycles. The molecule has 310 valence electrons. The minimum atomic E-state index is 0.150. The van der Waals surface area contributed by atoms with E-state index in [4.69, 9.17) is 0 Å². The molecular formula is C63H52O. The second kappa shape index (κ2) is 6.99. The largest absolute Gasteiger partial charge is 0.300 e. The van der Waals surface area contributed by atoms with E-state index in [2.05, 4.69) is 70.0 Å². The molecule has 0 aliphatic heterocycles. The van der Waals surface area contributed by atoms with Crippen LogP contribution in [0.15, 0.2) is 11.6 Å². The summed E-state index contributed by atoms with van der Waals surface area (Å²) < 4.78 is 0. The van der Waals surface area contributed by atoms with E-state index in [9.17, 15) is 0 Å². The fourth-order valence-corrected chi connectivity index (χ4v) is 36.0. The molecule has 1 heteroatoms. The first-order valence-electron chi connectivity index (χ1n) is 28.8. The van der Waals surface area contributed by atoms with Gasteiger partial charge in [-0.1, -0.05) is 19.9 Å². The van der Waals surface area contributed by atoms with E-state index in [1.807, 2.05) is 43.8 Å². The molecule has 0 amide bonds. The van der Waals surface area contributed by atoms with E-state index in [0.717, 1.165) is 220 Å². The molecular weight excluding hydrogens is 773 g/mol. The van der Waals surface area contributed by atoms with Crippen LogP contribution >= 0.6 is 0 Å². The second-order valence-corrected chi connectivity index (χ2v) is 31.1. The van der Waals surface area contributed by atoms with E-state index in [1.54, 1.807) is 6.42 Å². The summed E-state index contributed by atoms with van der Waals surface area (Å²) >= 11 is 0. The van der Waals surface area contributed by atoms with Gasteiger partial charge >= 0.3 is 0 Å². The van der Waals surface area contributed by atoms with Crippen molar-refractivity contribution in [1.82, 2.24) is 0 Å². The number of carbonyl (C=O) groups is 1. The fourth-order valence-electron chi connectivity index (χ4n) is 36.0. The Labute approximate surface area is 372 Å². The lowest BCUT2D eigenvalue weighted by molar-refractivity contribution is -0.220. The van der Waals surface area contributed by atoms with E-state index in [0.29, 0.717) is 5.78 Å². The monoisotopic (exact) mass is 824 g/mol. The van der Waals surface area contributed by atoms with Crippen LogP contribution in [0.1, 0.15) is 137 Å². The molecule has 0 saturated heterocycles. The Bertz CT molecular complexity index is 3580. The van der Waals surface area contributed by atoms with Crippen molar-refractivity contribution in [3.8, 4) is 0 Å². The highest BCUT2D eigenvalue weighted by molar-refractivity contribution is 6.32. The molecule has 11 bridgehead atoms. The van der Waals surface area contributed by atoms with Crippen molar-refractivity contribution >= 4 is 38.5 Å². The van der Waals surface area contributed by atoms with Gasteiger partial charge in [-0.3, -0.25) is 4.79 Å². The van der Waals surface area contributed by atoms with Gasteiger partial charge < -0.3 is 0 Å². The third-order valence-electron chi connectivity index (χ3n) is 33.6. The van der Waals surface area contributed by atoms with E-state index >= 15 is 4.79 Å². The zero-order valence-electron chi connectivity index (χ0n) is 36.7. The number of ketones is 1. The quantitative estimate of drug-likeness (QED) is 0.162. The van der Waals surface area contributed by atoms with Gasteiger partial charge in [0, 0.05) is 23.7 Å². The highest BCUT2D eigenvalue weighted by atomic mass is 16.1. The number of benzene rings is 3. The number of rotatable bonds is 0. The van der Waals surface area contributed by atoms with Crippen molar-refractivity contribution in [2.24, 2.45) is 177 Å². The number of carbonyl (C=O) groups excluding carboxylic acids is 1. The lowest BCUT2D eigenvalue weighted by Gasteiger charge is -2.79. The minimum Gasteiger partial charge on any atom is -0.300 e. The number of Topliss-reactive ketones (excluding diaryl/α,β-unsaturated/α-hetero) is 1. The topological polar surface area (TPSA) is 17.1 Å². The maximum absolute atomic E-state index is 15.1. The summed E-state index contributed by atoms with van der Waals surface area (Å²) in [6.45, 7) is 6.13. The summed E-state index contributed by atoms with van der Waals surface area (Å²) in [7, 11) is 0. The molecule has 28 rings (SSSR count). The molecule has 0 N–H and O–H groups in total. The van der Waals surface area contributed by atoms with Gasteiger partial charge in [0.1, 0.15) is 5.78 Å². The normalized spacial score (nSPS) is 73.5. The SMILES string of the molecule is C[C@H]1[C@H]2C3C4=CC5C6C7c8c4c4c9c%10c%11c%12c4c4c%13c%14c%15c(c84)C7C4C7C6[C@H]5[C@H]5[C@H]6C7[C@H]7[C@H]4C%15CC4C%14C8C(=C%12%13)C%12%13CC(=O)CCC%11%12[C@H](C%10CC93)[C@H]3[C@@H]1[C@@H]1[C@@H]([C@H](C)[C@H]([C@H]47)[C@H]6[C@@H]1[C@@H]25)[C@H]3[C@H]8%13. The summed E-state index contributed by atoms with van der Waals surface area (Å²) in [5.74, 6) is 34.0. The molecule has 2 spiro atoms. The van der Waals surface area contributed by atoms with Gasteiger partial charge in [-0.05, 0) is 320 Å². The van der Waals surface area contributed by atoms with Crippen LogP contribution in [0, 0.1) is 177 Å². The molecule has 13 fully saturated rings.